The first-order valence-corrected chi connectivity index (χ1v) is 12.5. The van der Waals surface area contributed by atoms with Gasteiger partial charge in [-0.05, 0) is 23.8 Å². The molecule has 1 fully saturated rings. The zero-order chi connectivity index (χ0) is 28.2. The standard InChI is InChI=1S/C25H22ClF4N9O/c1-31-22-20-18(9-34-39(20)4-3-32-22)40-17-8-33-23-21(19(17)26)37(2)24(36-23)35-16-6-13(10-38-11-15(27)12-38)5-14(7-16)25(28,29)30/h3-9,15H,10-12H2,1-2H3,(H,31,32)(H,33,35,36). The molecule has 4 aromatic heterocycles. The number of likely N-dealkylation sites (tertiary alicyclic amines) is 1. The summed E-state index contributed by atoms with van der Waals surface area (Å²) in [6.07, 6.45) is 0.684. The summed E-state index contributed by atoms with van der Waals surface area (Å²) in [7, 11) is 3.38. The number of anilines is 3. The van der Waals surface area contributed by atoms with Crippen LogP contribution in [0.3, 0.4) is 0 Å². The van der Waals surface area contributed by atoms with Crippen LogP contribution in [0.4, 0.5) is 35.0 Å². The normalized spacial score (nSPS) is 14.6. The predicted octanol–water partition coefficient (Wildman–Crippen LogP) is 5.41. The highest BCUT2D eigenvalue weighted by Crippen LogP contribution is 2.38. The van der Waals surface area contributed by atoms with Crippen LogP contribution in [0, 0.1) is 0 Å². The molecule has 1 aliphatic heterocycles. The average molecular weight is 576 g/mol. The zero-order valence-electron chi connectivity index (χ0n) is 21.2. The van der Waals surface area contributed by atoms with E-state index in [1.165, 1.54) is 12.4 Å². The first kappa shape index (κ1) is 26.1. The minimum absolute atomic E-state index is 0.173. The molecule has 5 heterocycles. The molecule has 0 bridgehead atoms. The van der Waals surface area contributed by atoms with E-state index < -0.39 is 17.9 Å². The Kier molecular flexibility index (Phi) is 6.38. The van der Waals surface area contributed by atoms with Gasteiger partial charge in [0, 0.05) is 51.8 Å². The SMILES string of the molecule is CNc1nccn2ncc(Oc3cnc4nc(Nc5cc(CN6CC(F)C6)cc(C(F)(F)F)c5)n(C)c4c3Cl)c12. The summed E-state index contributed by atoms with van der Waals surface area (Å²) in [5.74, 6) is 1.38. The van der Waals surface area contributed by atoms with Crippen molar-refractivity contribution in [3.8, 4) is 11.5 Å². The monoisotopic (exact) mass is 575 g/mol. The Bertz CT molecular complexity index is 1730. The van der Waals surface area contributed by atoms with Gasteiger partial charge < -0.3 is 19.9 Å². The summed E-state index contributed by atoms with van der Waals surface area (Å²) < 4.78 is 63.4. The third-order valence-corrected chi connectivity index (χ3v) is 6.92. The average Bonchev–Trinajstić information content (AvgIpc) is 3.45. The molecule has 1 saturated heterocycles. The van der Waals surface area contributed by atoms with Gasteiger partial charge in [0.1, 0.15) is 16.7 Å². The first-order chi connectivity index (χ1) is 19.1. The molecule has 1 aliphatic rings. The molecule has 5 aromatic rings. The molecule has 0 aliphatic carbocycles. The molecule has 15 heteroatoms. The van der Waals surface area contributed by atoms with Gasteiger partial charge in [0.05, 0.1) is 18.0 Å². The fraction of sp³-hybridized carbons (Fsp3) is 0.280. The Morgan fingerprint density at radius 1 is 1.10 bits per heavy atom. The summed E-state index contributed by atoms with van der Waals surface area (Å²) >= 11 is 6.71. The van der Waals surface area contributed by atoms with Gasteiger partial charge in [-0.25, -0.2) is 18.9 Å². The van der Waals surface area contributed by atoms with Crippen LogP contribution in [-0.2, 0) is 19.8 Å². The van der Waals surface area contributed by atoms with E-state index in [0.29, 0.717) is 28.2 Å². The van der Waals surface area contributed by atoms with Crippen LogP contribution < -0.4 is 15.4 Å². The lowest BCUT2D eigenvalue weighted by Gasteiger charge is -2.34. The lowest BCUT2D eigenvalue weighted by atomic mass is 10.1. The smallest absolute Gasteiger partial charge is 0.416 e. The number of pyridine rings is 1. The Labute approximate surface area is 229 Å². The second-order valence-electron chi connectivity index (χ2n) is 9.37. The maximum absolute atomic E-state index is 13.6. The molecule has 0 atom stereocenters. The van der Waals surface area contributed by atoms with Crippen molar-refractivity contribution in [2.75, 3.05) is 30.8 Å². The first-order valence-electron chi connectivity index (χ1n) is 12.1. The Hall–Kier alpha value is -4.17. The maximum atomic E-state index is 13.6. The summed E-state index contributed by atoms with van der Waals surface area (Å²) in [6.45, 7) is 0.588. The maximum Gasteiger partial charge on any atom is 0.416 e. The third kappa shape index (κ3) is 4.73. The number of benzene rings is 1. The van der Waals surface area contributed by atoms with E-state index in [0.717, 1.165) is 12.1 Å². The van der Waals surface area contributed by atoms with Crippen molar-refractivity contribution < 1.29 is 22.3 Å². The predicted molar refractivity (Wildman–Crippen MR) is 141 cm³/mol. The van der Waals surface area contributed by atoms with Crippen molar-refractivity contribution in [1.29, 1.82) is 0 Å². The molecule has 40 heavy (non-hydrogen) atoms. The topological polar surface area (TPSA) is 97.4 Å². The van der Waals surface area contributed by atoms with Gasteiger partial charge in [-0.3, -0.25) is 4.90 Å². The highest BCUT2D eigenvalue weighted by atomic mass is 35.5. The molecular weight excluding hydrogens is 554 g/mol. The van der Waals surface area contributed by atoms with Gasteiger partial charge in [-0.15, -0.1) is 0 Å². The van der Waals surface area contributed by atoms with Crippen LogP contribution in [0.5, 0.6) is 11.5 Å². The summed E-state index contributed by atoms with van der Waals surface area (Å²) in [5, 5.41) is 10.4. The second kappa shape index (κ2) is 9.78. The van der Waals surface area contributed by atoms with Crippen LogP contribution in [0.25, 0.3) is 16.7 Å². The zero-order valence-corrected chi connectivity index (χ0v) is 21.9. The lowest BCUT2D eigenvalue weighted by molar-refractivity contribution is -0.137. The summed E-state index contributed by atoms with van der Waals surface area (Å²) in [4.78, 5) is 14.8. The largest absolute Gasteiger partial charge is 0.450 e. The van der Waals surface area contributed by atoms with Crippen molar-refractivity contribution in [2.45, 2.75) is 18.9 Å². The second-order valence-corrected chi connectivity index (χ2v) is 9.74. The number of ether oxygens (including phenoxy) is 1. The number of hydrogen-bond donors (Lipinski definition) is 2. The molecule has 208 valence electrons. The molecule has 0 spiro atoms. The van der Waals surface area contributed by atoms with E-state index in [1.807, 2.05) is 0 Å². The van der Waals surface area contributed by atoms with E-state index in [-0.39, 0.29) is 47.7 Å². The molecule has 6 rings (SSSR count). The Morgan fingerprint density at radius 3 is 2.62 bits per heavy atom. The minimum atomic E-state index is -4.56. The third-order valence-electron chi connectivity index (χ3n) is 6.55. The Balaban J connectivity index is 1.33. The number of imidazole rings is 1. The number of rotatable bonds is 7. The number of nitrogens with one attached hydrogen (secondary N) is 2. The van der Waals surface area contributed by atoms with Crippen molar-refractivity contribution in [3.63, 3.8) is 0 Å². The van der Waals surface area contributed by atoms with Gasteiger partial charge in [-0.2, -0.15) is 23.3 Å². The molecule has 0 unspecified atom stereocenters. The number of alkyl halides is 4. The Morgan fingerprint density at radius 2 is 1.90 bits per heavy atom. The molecule has 0 amide bonds. The number of halogens is 5. The number of hydrogen-bond acceptors (Lipinski definition) is 8. The molecule has 0 saturated carbocycles. The van der Waals surface area contributed by atoms with Gasteiger partial charge in [0.2, 0.25) is 5.95 Å². The van der Waals surface area contributed by atoms with Gasteiger partial charge in [-0.1, -0.05) is 11.6 Å². The minimum Gasteiger partial charge on any atom is -0.450 e. The molecular formula is C25H22ClF4N9O. The van der Waals surface area contributed by atoms with Crippen molar-refractivity contribution in [3.05, 3.63) is 59.1 Å². The van der Waals surface area contributed by atoms with E-state index in [4.69, 9.17) is 16.3 Å². The number of aromatic nitrogens is 6. The van der Waals surface area contributed by atoms with Gasteiger partial charge >= 0.3 is 6.18 Å². The fourth-order valence-electron chi connectivity index (χ4n) is 4.63. The van der Waals surface area contributed by atoms with Crippen molar-refractivity contribution >= 4 is 45.7 Å². The van der Waals surface area contributed by atoms with E-state index in [2.05, 4.69) is 30.7 Å². The molecule has 1 aromatic carbocycles. The summed E-state index contributed by atoms with van der Waals surface area (Å²) in [6, 6.07) is 3.66. The van der Waals surface area contributed by atoms with E-state index in [1.54, 1.807) is 46.5 Å². The highest BCUT2D eigenvalue weighted by molar-refractivity contribution is 6.36. The fourth-order valence-corrected chi connectivity index (χ4v) is 4.93. The van der Waals surface area contributed by atoms with Crippen molar-refractivity contribution in [2.24, 2.45) is 7.05 Å². The van der Waals surface area contributed by atoms with Crippen LogP contribution >= 0.6 is 11.6 Å². The quantitative estimate of drug-likeness (QED) is 0.249. The van der Waals surface area contributed by atoms with Gasteiger partial charge in [0.15, 0.2) is 28.5 Å². The van der Waals surface area contributed by atoms with E-state index >= 15 is 0 Å². The molecule has 2 N–H and O–H groups in total. The molecule has 10 nitrogen and oxygen atoms in total. The van der Waals surface area contributed by atoms with Gasteiger partial charge in [0.25, 0.3) is 0 Å². The lowest BCUT2D eigenvalue weighted by Crippen LogP contribution is -2.47. The number of nitrogens with zero attached hydrogens (tertiary/aromatic N) is 7. The number of aryl methyl sites for hydroxylation is 1. The van der Waals surface area contributed by atoms with Crippen LogP contribution in [0.15, 0.2) is 43.0 Å². The van der Waals surface area contributed by atoms with Crippen LogP contribution in [-0.4, -0.2) is 60.3 Å². The van der Waals surface area contributed by atoms with Crippen molar-refractivity contribution in [1.82, 2.24) is 34.0 Å². The summed E-state index contributed by atoms with van der Waals surface area (Å²) in [5.41, 5.74) is 1.02. The van der Waals surface area contributed by atoms with Crippen LogP contribution in [0.2, 0.25) is 5.02 Å². The highest BCUT2D eigenvalue weighted by Gasteiger charge is 2.32. The molecule has 0 radical (unpaired) electrons. The van der Waals surface area contributed by atoms with Crippen LogP contribution in [0.1, 0.15) is 11.1 Å². The number of fused-ring (bicyclic) bond motifs is 2. The van der Waals surface area contributed by atoms with E-state index in [9.17, 15) is 17.6 Å².